The van der Waals surface area contributed by atoms with Gasteiger partial charge in [-0.25, -0.2) is 9.59 Å². The predicted octanol–water partition coefficient (Wildman–Crippen LogP) is 3.43. The van der Waals surface area contributed by atoms with Crippen LogP contribution in [0, 0.1) is 10.5 Å². The Kier molecular flexibility index (Phi) is 6.13. The maximum absolute atomic E-state index is 12.5. The molecule has 130 valence electrons. The summed E-state index contributed by atoms with van der Waals surface area (Å²) in [5.74, 6) is -1.58. The lowest BCUT2D eigenvalue weighted by atomic mass is 10.1. The molecule has 2 aromatic carbocycles. The lowest BCUT2D eigenvalue weighted by molar-refractivity contribution is 0.0599. The van der Waals surface area contributed by atoms with E-state index >= 15 is 0 Å². The highest BCUT2D eigenvalue weighted by molar-refractivity contribution is 14.1. The van der Waals surface area contributed by atoms with Gasteiger partial charge in [0.05, 0.1) is 30.9 Å². The van der Waals surface area contributed by atoms with Crippen molar-refractivity contribution < 1.29 is 23.9 Å². The zero-order chi connectivity index (χ0) is 18.6. The molecule has 0 fully saturated rings. The van der Waals surface area contributed by atoms with Crippen molar-refractivity contribution in [3.63, 3.8) is 0 Å². The Labute approximate surface area is 158 Å². The summed E-state index contributed by atoms with van der Waals surface area (Å²) in [6.45, 7) is 1.91. The van der Waals surface area contributed by atoms with Crippen molar-refractivity contribution in [2.45, 2.75) is 6.92 Å². The lowest BCUT2D eigenvalue weighted by Gasteiger charge is -2.11. The third kappa shape index (κ3) is 4.36. The van der Waals surface area contributed by atoms with Crippen LogP contribution in [-0.4, -0.2) is 32.1 Å². The average Bonchev–Trinajstić information content (AvgIpc) is 2.62. The summed E-state index contributed by atoms with van der Waals surface area (Å²) >= 11 is 2.10. The van der Waals surface area contributed by atoms with Crippen LogP contribution in [0.4, 0.5) is 5.69 Å². The molecule has 6 nitrogen and oxygen atoms in total. The van der Waals surface area contributed by atoms with Gasteiger partial charge in [0.1, 0.15) is 0 Å². The molecule has 1 N–H and O–H groups in total. The number of hydrogen-bond acceptors (Lipinski definition) is 5. The number of esters is 2. The largest absolute Gasteiger partial charge is 0.465 e. The molecule has 0 unspecified atom stereocenters. The summed E-state index contributed by atoms with van der Waals surface area (Å²) in [5, 5.41) is 2.71. The Hall–Kier alpha value is -2.42. The van der Waals surface area contributed by atoms with Gasteiger partial charge in [-0.1, -0.05) is 12.1 Å². The molecule has 0 spiro atoms. The van der Waals surface area contributed by atoms with Crippen LogP contribution < -0.4 is 5.32 Å². The zero-order valence-corrected chi connectivity index (χ0v) is 16.0. The Balaban J connectivity index is 2.40. The summed E-state index contributed by atoms with van der Waals surface area (Å²) in [5.41, 5.74) is 2.06. The van der Waals surface area contributed by atoms with Gasteiger partial charge < -0.3 is 14.8 Å². The molecule has 25 heavy (non-hydrogen) atoms. The van der Waals surface area contributed by atoms with Crippen LogP contribution in [0.2, 0.25) is 0 Å². The minimum atomic E-state index is -0.619. The quantitative estimate of drug-likeness (QED) is 0.567. The standard InChI is InChI=1S/C18H16INO5/c1-10-5-4-6-14(15(10)19)16(21)20-13-8-11(17(22)24-2)7-12(9-13)18(23)25-3/h4-9H,1-3H3,(H,20,21). The number of halogens is 1. The normalized spacial score (nSPS) is 10.1. The van der Waals surface area contributed by atoms with Gasteiger partial charge in [-0.05, 0) is 59.3 Å². The van der Waals surface area contributed by atoms with Gasteiger partial charge in [0.25, 0.3) is 5.91 Å². The summed E-state index contributed by atoms with van der Waals surface area (Å²) < 4.78 is 10.2. The number of benzene rings is 2. The van der Waals surface area contributed by atoms with Crippen molar-refractivity contribution in [1.29, 1.82) is 0 Å². The Morgan fingerprint density at radius 2 is 1.52 bits per heavy atom. The van der Waals surface area contributed by atoms with Crippen molar-refractivity contribution in [3.05, 3.63) is 62.2 Å². The van der Waals surface area contributed by atoms with E-state index in [1.54, 1.807) is 12.1 Å². The highest BCUT2D eigenvalue weighted by atomic mass is 127. The van der Waals surface area contributed by atoms with Crippen LogP contribution in [0.15, 0.2) is 36.4 Å². The molecule has 0 radical (unpaired) electrons. The van der Waals surface area contributed by atoms with Crippen LogP contribution in [0.25, 0.3) is 0 Å². The molecule has 0 saturated heterocycles. The molecule has 2 rings (SSSR count). The molecule has 0 aliphatic carbocycles. The van der Waals surface area contributed by atoms with Crippen LogP contribution in [0.3, 0.4) is 0 Å². The molecule has 2 aromatic rings. The van der Waals surface area contributed by atoms with E-state index in [-0.39, 0.29) is 17.0 Å². The third-order valence-corrected chi connectivity index (χ3v) is 4.90. The van der Waals surface area contributed by atoms with Crippen LogP contribution in [0.5, 0.6) is 0 Å². The van der Waals surface area contributed by atoms with E-state index in [1.165, 1.54) is 32.4 Å². The fourth-order valence-electron chi connectivity index (χ4n) is 2.19. The molecule has 0 saturated carbocycles. The topological polar surface area (TPSA) is 81.7 Å². The van der Waals surface area contributed by atoms with Gasteiger partial charge in [0.15, 0.2) is 0 Å². The number of amides is 1. The van der Waals surface area contributed by atoms with Crippen LogP contribution >= 0.6 is 22.6 Å². The predicted molar refractivity (Wildman–Crippen MR) is 101 cm³/mol. The summed E-state index contributed by atoms with van der Waals surface area (Å²) in [7, 11) is 2.47. The van der Waals surface area contributed by atoms with Crippen molar-refractivity contribution in [2.75, 3.05) is 19.5 Å². The fourth-order valence-corrected chi connectivity index (χ4v) is 2.80. The van der Waals surface area contributed by atoms with Crippen molar-refractivity contribution in [3.8, 4) is 0 Å². The number of carbonyl (C=O) groups is 3. The zero-order valence-electron chi connectivity index (χ0n) is 13.9. The number of carbonyl (C=O) groups excluding carboxylic acids is 3. The van der Waals surface area contributed by atoms with Crippen LogP contribution in [0.1, 0.15) is 36.6 Å². The summed E-state index contributed by atoms with van der Waals surface area (Å²) in [6.07, 6.45) is 0. The SMILES string of the molecule is COC(=O)c1cc(NC(=O)c2cccc(C)c2I)cc(C(=O)OC)c1. The molecular weight excluding hydrogens is 437 g/mol. The Morgan fingerprint density at radius 1 is 0.960 bits per heavy atom. The maximum Gasteiger partial charge on any atom is 0.337 e. The number of rotatable bonds is 4. The molecule has 1 amide bonds. The molecule has 0 aliphatic rings. The van der Waals surface area contributed by atoms with E-state index in [0.29, 0.717) is 11.3 Å². The molecule has 0 bridgehead atoms. The van der Waals surface area contributed by atoms with Crippen LogP contribution in [-0.2, 0) is 9.47 Å². The van der Waals surface area contributed by atoms with E-state index < -0.39 is 11.9 Å². The first-order valence-electron chi connectivity index (χ1n) is 7.25. The number of anilines is 1. The third-order valence-electron chi connectivity index (χ3n) is 3.47. The first-order valence-corrected chi connectivity index (χ1v) is 8.33. The highest BCUT2D eigenvalue weighted by Crippen LogP contribution is 2.21. The van der Waals surface area contributed by atoms with E-state index in [4.69, 9.17) is 0 Å². The fraction of sp³-hybridized carbons (Fsp3) is 0.167. The maximum atomic E-state index is 12.5. The first kappa shape index (κ1) is 18.9. The number of hydrogen-bond donors (Lipinski definition) is 1. The number of nitrogens with one attached hydrogen (secondary N) is 1. The number of ether oxygens (including phenoxy) is 2. The lowest BCUT2D eigenvalue weighted by Crippen LogP contribution is -2.15. The Morgan fingerprint density at radius 3 is 2.04 bits per heavy atom. The van der Waals surface area contributed by atoms with E-state index in [0.717, 1.165) is 9.13 Å². The van der Waals surface area contributed by atoms with Crippen molar-refractivity contribution in [2.24, 2.45) is 0 Å². The number of aryl methyl sites for hydroxylation is 1. The minimum Gasteiger partial charge on any atom is -0.465 e. The molecule has 7 heteroatoms. The number of methoxy groups -OCH3 is 2. The van der Waals surface area contributed by atoms with E-state index in [9.17, 15) is 14.4 Å². The second-order valence-corrected chi connectivity index (χ2v) is 6.25. The molecular formula is C18H16INO5. The average molecular weight is 453 g/mol. The van der Waals surface area contributed by atoms with E-state index in [2.05, 4.69) is 37.4 Å². The van der Waals surface area contributed by atoms with Crippen molar-refractivity contribution in [1.82, 2.24) is 0 Å². The summed E-state index contributed by atoms with van der Waals surface area (Å²) in [6, 6.07) is 9.64. The molecule has 0 aliphatic heterocycles. The first-order chi connectivity index (χ1) is 11.9. The van der Waals surface area contributed by atoms with Gasteiger partial charge in [-0.2, -0.15) is 0 Å². The molecule has 0 heterocycles. The van der Waals surface area contributed by atoms with Gasteiger partial charge in [0.2, 0.25) is 0 Å². The molecule has 0 atom stereocenters. The highest BCUT2D eigenvalue weighted by Gasteiger charge is 2.16. The minimum absolute atomic E-state index is 0.139. The second-order valence-electron chi connectivity index (χ2n) is 5.17. The van der Waals surface area contributed by atoms with Gasteiger partial charge in [0, 0.05) is 9.26 Å². The summed E-state index contributed by atoms with van der Waals surface area (Å²) in [4.78, 5) is 36.1. The Bertz CT molecular complexity index is 813. The second kappa shape index (κ2) is 8.11. The van der Waals surface area contributed by atoms with Gasteiger partial charge in [-0.3, -0.25) is 4.79 Å². The smallest absolute Gasteiger partial charge is 0.337 e. The van der Waals surface area contributed by atoms with Gasteiger partial charge in [-0.15, -0.1) is 0 Å². The van der Waals surface area contributed by atoms with Gasteiger partial charge >= 0.3 is 11.9 Å². The van der Waals surface area contributed by atoms with E-state index in [1.807, 2.05) is 13.0 Å². The van der Waals surface area contributed by atoms with Crippen molar-refractivity contribution >= 4 is 46.1 Å². The molecule has 0 aromatic heterocycles. The monoisotopic (exact) mass is 453 g/mol.